The molecule has 6 heteroatoms. The molecule has 1 amide bonds. The molecular weight excluding hydrogens is 336 g/mol. The van der Waals surface area contributed by atoms with Crippen LogP contribution in [-0.2, 0) is 11.2 Å². The summed E-state index contributed by atoms with van der Waals surface area (Å²) in [4.78, 5) is 28.8. The second-order valence-electron chi connectivity index (χ2n) is 5.88. The fourth-order valence-corrected chi connectivity index (χ4v) is 3.37. The van der Waals surface area contributed by atoms with Gasteiger partial charge in [-0.05, 0) is 39.3 Å². The Hall–Kier alpha value is -2.21. The first-order chi connectivity index (χ1) is 12.0. The van der Waals surface area contributed by atoms with Crippen molar-refractivity contribution >= 4 is 23.0 Å². The van der Waals surface area contributed by atoms with Crippen molar-refractivity contribution in [2.45, 2.75) is 40.0 Å². The second-order valence-corrected chi connectivity index (χ2v) is 7.17. The SMILES string of the molecule is CC(=O)c1cccc(OCCCC(=O)NCCc2sc(C)nc2C)c1. The van der Waals surface area contributed by atoms with Gasteiger partial charge in [0.25, 0.3) is 0 Å². The van der Waals surface area contributed by atoms with Gasteiger partial charge in [0.1, 0.15) is 5.75 Å². The zero-order valence-corrected chi connectivity index (χ0v) is 15.7. The number of rotatable bonds is 9. The number of ketones is 1. The molecule has 2 aromatic rings. The number of ether oxygens (including phenoxy) is 1. The van der Waals surface area contributed by atoms with Crippen LogP contribution in [0.25, 0.3) is 0 Å². The van der Waals surface area contributed by atoms with E-state index in [4.69, 9.17) is 4.74 Å². The lowest BCUT2D eigenvalue weighted by atomic mass is 10.1. The highest BCUT2D eigenvalue weighted by Crippen LogP contribution is 2.17. The third-order valence-electron chi connectivity index (χ3n) is 3.73. The maximum Gasteiger partial charge on any atom is 0.220 e. The molecule has 5 nitrogen and oxygen atoms in total. The minimum absolute atomic E-state index is 0.0104. The summed E-state index contributed by atoms with van der Waals surface area (Å²) in [7, 11) is 0. The summed E-state index contributed by atoms with van der Waals surface area (Å²) in [6, 6.07) is 7.09. The molecule has 0 unspecified atom stereocenters. The van der Waals surface area contributed by atoms with Crippen LogP contribution in [0.2, 0.25) is 0 Å². The molecule has 1 aromatic heterocycles. The molecule has 0 saturated carbocycles. The number of nitrogens with zero attached hydrogens (tertiary/aromatic N) is 1. The molecule has 1 aromatic carbocycles. The molecule has 0 aliphatic rings. The third kappa shape index (κ3) is 6.31. The van der Waals surface area contributed by atoms with Crippen molar-refractivity contribution in [3.63, 3.8) is 0 Å². The summed E-state index contributed by atoms with van der Waals surface area (Å²) in [6.45, 7) is 6.59. The highest BCUT2D eigenvalue weighted by atomic mass is 32.1. The summed E-state index contributed by atoms with van der Waals surface area (Å²) in [6.07, 6.45) is 1.87. The van der Waals surface area contributed by atoms with Crippen LogP contribution < -0.4 is 10.1 Å². The molecule has 0 radical (unpaired) electrons. The van der Waals surface area contributed by atoms with Gasteiger partial charge in [-0.15, -0.1) is 11.3 Å². The van der Waals surface area contributed by atoms with Crippen LogP contribution >= 0.6 is 11.3 Å². The van der Waals surface area contributed by atoms with E-state index in [2.05, 4.69) is 10.3 Å². The molecule has 0 aliphatic carbocycles. The Labute approximate surface area is 152 Å². The number of aryl methyl sites for hydroxylation is 2. The van der Waals surface area contributed by atoms with Crippen LogP contribution in [0.15, 0.2) is 24.3 Å². The Bertz CT molecular complexity index is 740. The van der Waals surface area contributed by atoms with Crippen molar-refractivity contribution in [3.8, 4) is 5.75 Å². The van der Waals surface area contributed by atoms with E-state index in [9.17, 15) is 9.59 Å². The van der Waals surface area contributed by atoms with Gasteiger partial charge < -0.3 is 10.1 Å². The monoisotopic (exact) mass is 360 g/mol. The average Bonchev–Trinajstić information content (AvgIpc) is 2.89. The van der Waals surface area contributed by atoms with Gasteiger partial charge in [0.15, 0.2) is 5.78 Å². The van der Waals surface area contributed by atoms with Crippen LogP contribution in [0.4, 0.5) is 0 Å². The van der Waals surface area contributed by atoms with E-state index >= 15 is 0 Å². The Morgan fingerprint density at radius 1 is 1.28 bits per heavy atom. The highest BCUT2D eigenvalue weighted by Gasteiger charge is 2.06. The number of nitrogens with one attached hydrogen (secondary N) is 1. The van der Waals surface area contributed by atoms with Crippen molar-refractivity contribution < 1.29 is 14.3 Å². The number of hydrogen-bond acceptors (Lipinski definition) is 5. The number of Topliss-reactive ketones (excluding diaryl/α,β-unsaturated/α-hetero) is 1. The minimum Gasteiger partial charge on any atom is -0.494 e. The molecule has 1 heterocycles. The molecule has 0 fully saturated rings. The number of aromatic nitrogens is 1. The minimum atomic E-state index is 0.0104. The fraction of sp³-hybridized carbons (Fsp3) is 0.421. The van der Waals surface area contributed by atoms with Crippen molar-refractivity contribution in [1.82, 2.24) is 10.3 Å². The van der Waals surface area contributed by atoms with E-state index in [-0.39, 0.29) is 11.7 Å². The van der Waals surface area contributed by atoms with E-state index in [1.54, 1.807) is 29.5 Å². The van der Waals surface area contributed by atoms with E-state index in [0.717, 1.165) is 17.1 Å². The lowest BCUT2D eigenvalue weighted by molar-refractivity contribution is -0.121. The van der Waals surface area contributed by atoms with E-state index in [0.29, 0.717) is 37.3 Å². The maximum absolute atomic E-state index is 11.9. The highest BCUT2D eigenvalue weighted by molar-refractivity contribution is 7.11. The van der Waals surface area contributed by atoms with Gasteiger partial charge in [0.2, 0.25) is 5.91 Å². The normalized spacial score (nSPS) is 10.5. The first-order valence-corrected chi connectivity index (χ1v) is 9.21. The van der Waals surface area contributed by atoms with Gasteiger partial charge in [0.05, 0.1) is 17.3 Å². The largest absolute Gasteiger partial charge is 0.494 e. The summed E-state index contributed by atoms with van der Waals surface area (Å²) in [5.41, 5.74) is 1.68. The Morgan fingerprint density at radius 2 is 2.08 bits per heavy atom. The Balaban J connectivity index is 1.63. The molecule has 25 heavy (non-hydrogen) atoms. The summed E-state index contributed by atoms with van der Waals surface area (Å²) < 4.78 is 5.60. The molecule has 134 valence electrons. The van der Waals surface area contributed by atoms with Gasteiger partial charge in [-0.3, -0.25) is 9.59 Å². The van der Waals surface area contributed by atoms with Gasteiger partial charge >= 0.3 is 0 Å². The molecular formula is C19H24N2O3S. The predicted molar refractivity (Wildman–Crippen MR) is 99.5 cm³/mol. The summed E-state index contributed by atoms with van der Waals surface area (Å²) >= 11 is 1.68. The van der Waals surface area contributed by atoms with Crippen LogP contribution in [0.5, 0.6) is 5.75 Å². The average molecular weight is 360 g/mol. The van der Waals surface area contributed by atoms with Crippen LogP contribution in [-0.4, -0.2) is 29.8 Å². The third-order valence-corrected chi connectivity index (χ3v) is 4.86. The molecule has 0 saturated heterocycles. The van der Waals surface area contributed by atoms with Crippen molar-refractivity contribution in [3.05, 3.63) is 45.4 Å². The van der Waals surface area contributed by atoms with Crippen LogP contribution in [0.1, 0.15) is 45.7 Å². The first kappa shape index (κ1) is 19.1. The number of amides is 1. The molecule has 0 spiro atoms. The van der Waals surface area contributed by atoms with Crippen molar-refractivity contribution in [2.24, 2.45) is 0 Å². The lowest BCUT2D eigenvalue weighted by Crippen LogP contribution is -2.25. The summed E-state index contributed by atoms with van der Waals surface area (Å²) in [5.74, 6) is 0.695. The molecule has 0 aliphatic heterocycles. The quantitative estimate of drug-likeness (QED) is 0.549. The molecule has 0 bridgehead atoms. The maximum atomic E-state index is 11.9. The van der Waals surface area contributed by atoms with Crippen molar-refractivity contribution in [1.29, 1.82) is 0 Å². The van der Waals surface area contributed by atoms with Crippen LogP contribution in [0.3, 0.4) is 0 Å². The predicted octanol–water partition coefficient (Wildman–Crippen LogP) is 3.48. The van der Waals surface area contributed by atoms with Gasteiger partial charge in [0, 0.05) is 29.8 Å². The number of carbonyl (C=O) groups excluding carboxylic acids is 2. The Morgan fingerprint density at radius 3 is 2.76 bits per heavy atom. The van der Waals surface area contributed by atoms with Gasteiger partial charge in [-0.25, -0.2) is 4.98 Å². The van der Waals surface area contributed by atoms with Gasteiger partial charge in [-0.1, -0.05) is 12.1 Å². The topological polar surface area (TPSA) is 68.3 Å². The number of benzene rings is 1. The zero-order chi connectivity index (χ0) is 18.2. The van der Waals surface area contributed by atoms with Crippen molar-refractivity contribution in [2.75, 3.05) is 13.2 Å². The van der Waals surface area contributed by atoms with E-state index in [1.807, 2.05) is 19.9 Å². The van der Waals surface area contributed by atoms with E-state index < -0.39 is 0 Å². The summed E-state index contributed by atoms with van der Waals surface area (Å²) in [5, 5.41) is 3.99. The lowest BCUT2D eigenvalue weighted by Gasteiger charge is -2.08. The Kier molecular flexibility index (Phi) is 7.13. The van der Waals surface area contributed by atoms with Crippen LogP contribution in [0, 0.1) is 13.8 Å². The molecule has 1 N–H and O–H groups in total. The number of carbonyl (C=O) groups is 2. The fourth-order valence-electron chi connectivity index (χ4n) is 2.44. The molecule has 0 atom stereocenters. The number of thiazole rings is 1. The van der Waals surface area contributed by atoms with Gasteiger partial charge in [-0.2, -0.15) is 0 Å². The number of hydrogen-bond donors (Lipinski definition) is 1. The molecule has 2 rings (SSSR count). The second kappa shape index (κ2) is 9.32. The first-order valence-electron chi connectivity index (χ1n) is 8.39. The standard InChI is InChI=1S/C19H24N2O3S/c1-13-18(25-15(3)21-13)9-10-20-19(23)8-5-11-24-17-7-4-6-16(12-17)14(2)22/h4,6-7,12H,5,8-11H2,1-3H3,(H,20,23). The van der Waals surface area contributed by atoms with E-state index in [1.165, 1.54) is 11.8 Å². The smallest absolute Gasteiger partial charge is 0.220 e. The zero-order valence-electron chi connectivity index (χ0n) is 14.9.